The van der Waals surface area contributed by atoms with Crippen molar-refractivity contribution in [1.29, 1.82) is 5.26 Å². The second kappa shape index (κ2) is 2.99. The maximum Gasteiger partial charge on any atom is 0.117 e. The molecule has 1 atom stereocenters. The van der Waals surface area contributed by atoms with Crippen LogP contribution in [0.3, 0.4) is 0 Å². The van der Waals surface area contributed by atoms with Crippen molar-refractivity contribution in [3.05, 3.63) is 0 Å². The molecule has 0 heterocycles. The third kappa shape index (κ3) is 5.54. The lowest BCUT2D eigenvalue weighted by Gasteiger charge is -2.19. The van der Waals surface area contributed by atoms with E-state index in [9.17, 15) is 0 Å². The van der Waals surface area contributed by atoms with Gasteiger partial charge in [-0.05, 0) is 6.92 Å². The van der Waals surface area contributed by atoms with Crippen molar-refractivity contribution in [2.75, 3.05) is 0 Å². The van der Waals surface area contributed by atoms with Crippen molar-refractivity contribution >= 4 is 8.24 Å². The molecule has 0 radical (unpaired) electrons. The number of nitrogens with zero attached hydrogens (tertiary/aromatic N) is 1. The fraction of sp³-hybridized carbons (Fsp3) is 0.833. The minimum absolute atomic E-state index is 0.0108. The highest BCUT2D eigenvalue weighted by Gasteiger charge is 2.14. The first-order chi connectivity index (χ1) is 3.95. The highest BCUT2D eigenvalue weighted by atomic mass is 28.3. The predicted octanol–water partition coefficient (Wildman–Crippen LogP) is 1.32. The lowest BCUT2D eigenvalue weighted by atomic mass is 10.4. The molecule has 0 bridgehead atoms. The summed E-state index contributed by atoms with van der Waals surface area (Å²) in [5.74, 6) is 0. The quantitative estimate of drug-likeness (QED) is 0.590. The maximum absolute atomic E-state index is 8.41. The molecule has 0 aromatic rings. The molecule has 0 saturated carbocycles. The van der Waals surface area contributed by atoms with Gasteiger partial charge in [0, 0.05) is 0 Å². The van der Waals surface area contributed by atoms with Gasteiger partial charge in [-0.2, -0.15) is 5.26 Å². The van der Waals surface area contributed by atoms with Crippen molar-refractivity contribution in [2.24, 2.45) is 0 Å². The van der Waals surface area contributed by atoms with Crippen molar-refractivity contribution in [1.82, 2.24) is 4.98 Å². The van der Waals surface area contributed by atoms with Gasteiger partial charge in [-0.3, -0.25) is 0 Å². The van der Waals surface area contributed by atoms with E-state index in [1.165, 1.54) is 0 Å². The lowest BCUT2D eigenvalue weighted by Crippen LogP contribution is -2.45. The number of nitrogens with one attached hydrogen (secondary N) is 1. The normalized spacial score (nSPS) is 14.6. The Kier molecular flexibility index (Phi) is 2.88. The molecule has 0 spiro atoms. The summed E-state index contributed by atoms with van der Waals surface area (Å²) in [4.78, 5) is 3.25. The molecule has 0 rings (SSSR count). The standard InChI is InChI=1S/C6H14N2Si/c1-6(5-7)8-9(2,3)4/h6,8H,1-4H3. The first-order valence-electron chi connectivity index (χ1n) is 3.13. The second-order valence-electron chi connectivity index (χ2n) is 3.25. The van der Waals surface area contributed by atoms with Crippen LogP contribution in [0.4, 0.5) is 0 Å². The number of rotatable bonds is 2. The van der Waals surface area contributed by atoms with Gasteiger partial charge < -0.3 is 4.98 Å². The fourth-order valence-corrected chi connectivity index (χ4v) is 2.05. The topological polar surface area (TPSA) is 35.8 Å². The molecule has 0 aliphatic heterocycles. The Balaban J connectivity index is 3.63. The number of nitriles is 1. The monoisotopic (exact) mass is 142 g/mol. The van der Waals surface area contributed by atoms with Gasteiger partial charge in [-0.1, -0.05) is 19.6 Å². The zero-order valence-corrected chi connectivity index (χ0v) is 7.52. The zero-order valence-electron chi connectivity index (χ0n) is 6.52. The molecule has 0 aromatic carbocycles. The molecule has 52 valence electrons. The zero-order chi connectivity index (χ0) is 7.49. The molecule has 0 fully saturated rings. The summed E-state index contributed by atoms with van der Waals surface area (Å²) in [5, 5.41) is 8.41. The Morgan fingerprint density at radius 1 is 1.44 bits per heavy atom. The molecule has 0 amide bonds. The smallest absolute Gasteiger partial charge is 0.117 e. The number of hydrogen-bond donors (Lipinski definition) is 1. The highest BCUT2D eigenvalue weighted by molar-refractivity contribution is 6.73. The third-order valence-electron chi connectivity index (χ3n) is 0.843. The van der Waals surface area contributed by atoms with Gasteiger partial charge in [-0.15, -0.1) is 0 Å². The van der Waals surface area contributed by atoms with E-state index < -0.39 is 8.24 Å². The van der Waals surface area contributed by atoms with E-state index >= 15 is 0 Å². The van der Waals surface area contributed by atoms with Gasteiger partial charge in [0.1, 0.15) is 8.24 Å². The summed E-state index contributed by atoms with van der Waals surface area (Å²) in [6.07, 6.45) is 0. The van der Waals surface area contributed by atoms with Crippen LogP contribution in [0.25, 0.3) is 0 Å². The number of hydrogen-bond acceptors (Lipinski definition) is 2. The Hall–Kier alpha value is -0.333. The molecule has 3 heteroatoms. The average molecular weight is 142 g/mol. The van der Waals surface area contributed by atoms with Crippen molar-refractivity contribution in [2.45, 2.75) is 32.6 Å². The largest absolute Gasteiger partial charge is 0.323 e. The predicted molar refractivity (Wildman–Crippen MR) is 41.6 cm³/mol. The van der Waals surface area contributed by atoms with E-state index in [4.69, 9.17) is 5.26 Å². The van der Waals surface area contributed by atoms with Crippen molar-refractivity contribution < 1.29 is 0 Å². The summed E-state index contributed by atoms with van der Waals surface area (Å²) in [5.41, 5.74) is 0. The van der Waals surface area contributed by atoms with Crippen LogP contribution in [0.5, 0.6) is 0 Å². The summed E-state index contributed by atoms with van der Waals surface area (Å²) < 4.78 is 0. The van der Waals surface area contributed by atoms with E-state index in [1.807, 2.05) is 6.92 Å². The Labute approximate surface area is 58.0 Å². The van der Waals surface area contributed by atoms with Crippen molar-refractivity contribution in [3.63, 3.8) is 0 Å². The second-order valence-corrected chi connectivity index (χ2v) is 8.03. The molecular formula is C6H14N2Si. The highest BCUT2D eigenvalue weighted by Crippen LogP contribution is 1.95. The summed E-state index contributed by atoms with van der Waals surface area (Å²) in [6, 6.07) is 2.16. The van der Waals surface area contributed by atoms with E-state index in [0.29, 0.717) is 0 Å². The molecule has 9 heavy (non-hydrogen) atoms. The summed E-state index contributed by atoms with van der Waals surface area (Å²) in [6.45, 7) is 8.43. The van der Waals surface area contributed by atoms with Crippen LogP contribution in [-0.4, -0.2) is 14.3 Å². The van der Waals surface area contributed by atoms with Crippen LogP contribution in [0, 0.1) is 11.3 Å². The van der Waals surface area contributed by atoms with Gasteiger partial charge >= 0.3 is 0 Å². The molecule has 1 unspecified atom stereocenters. The van der Waals surface area contributed by atoms with E-state index in [1.54, 1.807) is 0 Å². The molecule has 0 aliphatic carbocycles. The van der Waals surface area contributed by atoms with Crippen LogP contribution in [0.1, 0.15) is 6.92 Å². The van der Waals surface area contributed by atoms with E-state index in [0.717, 1.165) is 0 Å². The first kappa shape index (κ1) is 8.67. The van der Waals surface area contributed by atoms with Crippen LogP contribution in [0.15, 0.2) is 0 Å². The Morgan fingerprint density at radius 3 is 2.00 bits per heavy atom. The first-order valence-corrected chi connectivity index (χ1v) is 6.63. The molecule has 0 saturated heterocycles. The van der Waals surface area contributed by atoms with Gasteiger partial charge in [0.2, 0.25) is 0 Å². The Morgan fingerprint density at radius 2 is 1.89 bits per heavy atom. The lowest BCUT2D eigenvalue weighted by molar-refractivity contribution is 0.820. The maximum atomic E-state index is 8.41. The molecular weight excluding hydrogens is 128 g/mol. The molecule has 0 aliphatic rings. The third-order valence-corrected chi connectivity index (χ3v) is 2.14. The molecule has 2 nitrogen and oxygen atoms in total. The van der Waals surface area contributed by atoms with Crippen LogP contribution in [0.2, 0.25) is 19.6 Å². The van der Waals surface area contributed by atoms with Crippen molar-refractivity contribution in [3.8, 4) is 6.07 Å². The van der Waals surface area contributed by atoms with Crippen LogP contribution in [-0.2, 0) is 0 Å². The molecule has 0 aromatic heterocycles. The van der Waals surface area contributed by atoms with Crippen LogP contribution < -0.4 is 4.98 Å². The van der Waals surface area contributed by atoms with Gasteiger partial charge in [-0.25, -0.2) is 0 Å². The van der Waals surface area contributed by atoms with E-state index in [-0.39, 0.29) is 6.04 Å². The summed E-state index contributed by atoms with van der Waals surface area (Å²) in [7, 11) is -1.21. The Bertz CT molecular complexity index is 120. The van der Waals surface area contributed by atoms with E-state index in [2.05, 4.69) is 30.7 Å². The minimum atomic E-state index is -1.21. The van der Waals surface area contributed by atoms with Gasteiger partial charge in [0.05, 0.1) is 12.1 Å². The molecule has 1 N–H and O–H groups in total. The SMILES string of the molecule is CC(C#N)N[Si](C)(C)C. The minimum Gasteiger partial charge on any atom is -0.323 e. The summed E-state index contributed by atoms with van der Waals surface area (Å²) >= 11 is 0. The average Bonchev–Trinajstić information content (AvgIpc) is 1.62. The van der Waals surface area contributed by atoms with Gasteiger partial charge in [0.15, 0.2) is 0 Å². The van der Waals surface area contributed by atoms with Gasteiger partial charge in [0.25, 0.3) is 0 Å². The van der Waals surface area contributed by atoms with Crippen LogP contribution >= 0.6 is 0 Å². The fourth-order valence-electron chi connectivity index (χ4n) is 0.682.